The number of carbonyl (C=O) groups is 1. The summed E-state index contributed by atoms with van der Waals surface area (Å²) in [6.07, 6.45) is 3.69. The third kappa shape index (κ3) is 4.30. The number of nitrogens with one attached hydrogen (secondary N) is 1. The SMILES string of the molecule is CCOc1ccc(C(=O)NCc2ccccc2Cn2cccn2)cc1C. The number of carbonyl (C=O) groups excluding carboxylic acids is 1. The van der Waals surface area contributed by atoms with Crippen molar-refractivity contribution in [2.24, 2.45) is 0 Å². The Labute approximate surface area is 153 Å². The lowest BCUT2D eigenvalue weighted by atomic mass is 10.1. The summed E-state index contributed by atoms with van der Waals surface area (Å²) in [4.78, 5) is 12.5. The quantitative estimate of drug-likeness (QED) is 0.709. The zero-order valence-electron chi connectivity index (χ0n) is 15.1. The van der Waals surface area contributed by atoms with Gasteiger partial charge in [-0.25, -0.2) is 0 Å². The predicted molar refractivity (Wildman–Crippen MR) is 101 cm³/mol. The van der Waals surface area contributed by atoms with Crippen molar-refractivity contribution in [3.05, 3.63) is 83.2 Å². The lowest BCUT2D eigenvalue weighted by molar-refractivity contribution is 0.0950. The highest BCUT2D eigenvalue weighted by Crippen LogP contribution is 2.19. The molecule has 3 aromatic rings. The van der Waals surface area contributed by atoms with E-state index in [1.165, 1.54) is 0 Å². The monoisotopic (exact) mass is 349 g/mol. The van der Waals surface area contributed by atoms with Crippen LogP contribution in [0.25, 0.3) is 0 Å². The summed E-state index contributed by atoms with van der Waals surface area (Å²) in [5.74, 6) is 0.721. The smallest absolute Gasteiger partial charge is 0.251 e. The Morgan fingerprint density at radius 2 is 1.96 bits per heavy atom. The zero-order chi connectivity index (χ0) is 18.4. The van der Waals surface area contributed by atoms with E-state index in [0.29, 0.717) is 25.3 Å². The van der Waals surface area contributed by atoms with Crippen LogP contribution in [0.1, 0.15) is 34.0 Å². The molecule has 0 saturated heterocycles. The van der Waals surface area contributed by atoms with Crippen molar-refractivity contribution in [1.29, 1.82) is 0 Å². The maximum absolute atomic E-state index is 12.5. The third-order valence-electron chi connectivity index (χ3n) is 4.19. The first-order valence-corrected chi connectivity index (χ1v) is 8.73. The second kappa shape index (κ2) is 8.34. The van der Waals surface area contributed by atoms with Gasteiger partial charge in [-0.1, -0.05) is 24.3 Å². The molecule has 1 aromatic heterocycles. The van der Waals surface area contributed by atoms with Crippen LogP contribution in [0.5, 0.6) is 5.75 Å². The number of ether oxygens (including phenoxy) is 1. The Morgan fingerprint density at radius 3 is 2.65 bits per heavy atom. The van der Waals surface area contributed by atoms with Crippen molar-refractivity contribution >= 4 is 5.91 Å². The lowest BCUT2D eigenvalue weighted by Gasteiger charge is -2.12. The van der Waals surface area contributed by atoms with Gasteiger partial charge in [0.05, 0.1) is 13.2 Å². The molecular formula is C21H23N3O2. The Hall–Kier alpha value is -3.08. The van der Waals surface area contributed by atoms with Gasteiger partial charge in [0, 0.05) is 24.5 Å². The van der Waals surface area contributed by atoms with E-state index < -0.39 is 0 Å². The molecule has 1 amide bonds. The molecule has 0 aliphatic heterocycles. The van der Waals surface area contributed by atoms with Crippen molar-refractivity contribution in [2.45, 2.75) is 26.9 Å². The van der Waals surface area contributed by atoms with Gasteiger partial charge in [-0.15, -0.1) is 0 Å². The topological polar surface area (TPSA) is 56.1 Å². The first kappa shape index (κ1) is 17.7. The maximum atomic E-state index is 12.5. The summed E-state index contributed by atoms with van der Waals surface area (Å²) >= 11 is 0. The lowest BCUT2D eigenvalue weighted by Crippen LogP contribution is -2.23. The second-order valence-corrected chi connectivity index (χ2v) is 6.07. The first-order chi connectivity index (χ1) is 12.7. The van der Waals surface area contributed by atoms with E-state index in [9.17, 15) is 4.79 Å². The van der Waals surface area contributed by atoms with Crippen LogP contribution in [0.15, 0.2) is 60.9 Å². The summed E-state index contributed by atoms with van der Waals surface area (Å²) < 4.78 is 7.40. The first-order valence-electron chi connectivity index (χ1n) is 8.73. The highest BCUT2D eigenvalue weighted by molar-refractivity contribution is 5.94. The van der Waals surface area contributed by atoms with Crippen LogP contribution >= 0.6 is 0 Å². The molecule has 0 aliphatic rings. The summed E-state index contributed by atoms with van der Waals surface area (Å²) in [5, 5.41) is 7.25. The van der Waals surface area contributed by atoms with E-state index in [2.05, 4.69) is 16.5 Å². The predicted octanol–water partition coefficient (Wildman–Crippen LogP) is 3.57. The van der Waals surface area contributed by atoms with Crippen LogP contribution in [-0.2, 0) is 13.1 Å². The number of nitrogens with zero attached hydrogens (tertiary/aromatic N) is 2. The number of benzene rings is 2. The van der Waals surface area contributed by atoms with Crippen LogP contribution in [0.4, 0.5) is 0 Å². The van der Waals surface area contributed by atoms with Gasteiger partial charge in [0.25, 0.3) is 5.91 Å². The Bertz CT molecular complexity index is 873. The molecule has 26 heavy (non-hydrogen) atoms. The fourth-order valence-electron chi connectivity index (χ4n) is 2.84. The third-order valence-corrected chi connectivity index (χ3v) is 4.19. The highest BCUT2D eigenvalue weighted by Gasteiger charge is 2.10. The summed E-state index contributed by atoms with van der Waals surface area (Å²) in [7, 11) is 0. The molecule has 0 unspecified atom stereocenters. The van der Waals surface area contributed by atoms with Gasteiger partial charge in [0.1, 0.15) is 5.75 Å². The molecule has 3 rings (SSSR count). The average molecular weight is 349 g/mol. The molecule has 0 aliphatic carbocycles. The van der Waals surface area contributed by atoms with E-state index in [4.69, 9.17) is 4.74 Å². The summed E-state index contributed by atoms with van der Waals surface area (Å²) in [6, 6.07) is 15.5. The largest absolute Gasteiger partial charge is 0.494 e. The van der Waals surface area contributed by atoms with E-state index in [0.717, 1.165) is 22.4 Å². The maximum Gasteiger partial charge on any atom is 0.251 e. The number of hydrogen-bond donors (Lipinski definition) is 1. The van der Waals surface area contributed by atoms with Crippen LogP contribution < -0.4 is 10.1 Å². The Morgan fingerprint density at radius 1 is 1.15 bits per heavy atom. The fourth-order valence-corrected chi connectivity index (χ4v) is 2.84. The minimum absolute atomic E-state index is 0.0926. The van der Waals surface area contributed by atoms with E-state index in [1.54, 1.807) is 12.3 Å². The Balaban J connectivity index is 1.67. The number of aryl methyl sites for hydroxylation is 1. The van der Waals surface area contributed by atoms with Gasteiger partial charge in [0.2, 0.25) is 0 Å². The van der Waals surface area contributed by atoms with Crippen LogP contribution in [0.3, 0.4) is 0 Å². The number of aromatic nitrogens is 2. The molecule has 5 heteroatoms. The Kier molecular flexibility index (Phi) is 5.69. The van der Waals surface area contributed by atoms with Crippen molar-refractivity contribution in [3.8, 4) is 5.75 Å². The van der Waals surface area contributed by atoms with E-state index in [1.807, 2.05) is 61.1 Å². The molecule has 1 heterocycles. The molecule has 134 valence electrons. The van der Waals surface area contributed by atoms with Gasteiger partial charge >= 0.3 is 0 Å². The van der Waals surface area contributed by atoms with Gasteiger partial charge in [-0.05, 0) is 54.8 Å². The van der Waals surface area contributed by atoms with E-state index >= 15 is 0 Å². The molecule has 2 aromatic carbocycles. The van der Waals surface area contributed by atoms with Crippen LogP contribution in [0.2, 0.25) is 0 Å². The van der Waals surface area contributed by atoms with Gasteiger partial charge in [-0.2, -0.15) is 5.10 Å². The van der Waals surface area contributed by atoms with Crippen LogP contribution in [0, 0.1) is 6.92 Å². The van der Waals surface area contributed by atoms with Crippen molar-refractivity contribution in [1.82, 2.24) is 15.1 Å². The molecule has 0 bridgehead atoms. The summed E-state index contributed by atoms with van der Waals surface area (Å²) in [6.45, 7) is 5.66. The van der Waals surface area contributed by atoms with Crippen molar-refractivity contribution in [2.75, 3.05) is 6.61 Å². The zero-order valence-corrected chi connectivity index (χ0v) is 15.1. The molecular weight excluding hydrogens is 326 g/mol. The summed E-state index contributed by atoms with van der Waals surface area (Å²) in [5.41, 5.74) is 3.81. The molecule has 0 atom stereocenters. The highest BCUT2D eigenvalue weighted by atomic mass is 16.5. The molecule has 5 nitrogen and oxygen atoms in total. The number of hydrogen-bond acceptors (Lipinski definition) is 3. The van der Waals surface area contributed by atoms with E-state index in [-0.39, 0.29) is 5.91 Å². The van der Waals surface area contributed by atoms with Crippen molar-refractivity contribution < 1.29 is 9.53 Å². The number of rotatable bonds is 7. The van der Waals surface area contributed by atoms with Gasteiger partial charge < -0.3 is 10.1 Å². The van der Waals surface area contributed by atoms with Crippen LogP contribution in [-0.4, -0.2) is 22.3 Å². The molecule has 0 saturated carbocycles. The molecule has 1 N–H and O–H groups in total. The average Bonchev–Trinajstić information content (AvgIpc) is 3.15. The van der Waals surface area contributed by atoms with Gasteiger partial charge in [-0.3, -0.25) is 9.48 Å². The van der Waals surface area contributed by atoms with Crippen molar-refractivity contribution in [3.63, 3.8) is 0 Å². The second-order valence-electron chi connectivity index (χ2n) is 6.07. The van der Waals surface area contributed by atoms with Gasteiger partial charge in [0.15, 0.2) is 0 Å². The standard InChI is InChI=1S/C21H23N3O2/c1-3-26-20-10-9-17(13-16(20)2)21(25)22-14-18-7-4-5-8-19(18)15-24-12-6-11-23-24/h4-13H,3,14-15H2,1-2H3,(H,22,25). The minimum atomic E-state index is -0.0926. The minimum Gasteiger partial charge on any atom is -0.494 e. The fraction of sp³-hybridized carbons (Fsp3) is 0.238. The molecule has 0 fully saturated rings. The molecule has 0 radical (unpaired) electrons. The number of amides is 1. The molecule has 0 spiro atoms. The normalized spacial score (nSPS) is 10.5.